The number of aromatic nitrogens is 2. The third-order valence-corrected chi connectivity index (χ3v) is 3.97. The molecule has 1 N–H and O–H groups in total. The molecule has 0 unspecified atom stereocenters. The van der Waals surface area contributed by atoms with Crippen LogP contribution in [-0.2, 0) is 22.5 Å². The Morgan fingerprint density at radius 1 is 1.39 bits per heavy atom. The normalized spacial score (nSPS) is 14.0. The van der Waals surface area contributed by atoms with Crippen LogP contribution in [0.25, 0.3) is 11.3 Å². The molecule has 1 aromatic carbocycles. The van der Waals surface area contributed by atoms with Crippen molar-refractivity contribution in [1.29, 1.82) is 0 Å². The lowest BCUT2D eigenvalue weighted by molar-refractivity contribution is -0.132. The zero-order chi connectivity index (χ0) is 16.4. The topological polar surface area (TPSA) is 67.4 Å². The van der Waals surface area contributed by atoms with Gasteiger partial charge < -0.3 is 14.4 Å². The molecule has 0 saturated heterocycles. The number of methoxy groups -OCH3 is 2. The van der Waals surface area contributed by atoms with E-state index in [1.807, 2.05) is 0 Å². The average Bonchev–Trinajstić information content (AvgIpc) is 2.95. The summed E-state index contributed by atoms with van der Waals surface area (Å²) in [6, 6.07) is 4.67. The van der Waals surface area contributed by atoms with Gasteiger partial charge in [0, 0.05) is 24.8 Å². The van der Waals surface area contributed by atoms with Gasteiger partial charge in [0.2, 0.25) is 5.91 Å². The second-order valence-corrected chi connectivity index (χ2v) is 5.36. The predicted octanol–water partition coefficient (Wildman–Crippen LogP) is 1.76. The van der Waals surface area contributed by atoms with E-state index in [4.69, 9.17) is 9.47 Å². The number of nitrogens with zero attached hydrogens (tertiary/aromatic N) is 2. The number of benzene rings is 1. The van der Waals surface area contributed by atoms with Crippen LogP contribution >= 0.6 is 0 Å². The van der Waals surface area contributed by atoms with Gasteiger partial charge in [-0.1, -0.05) is 0 Å². The number of carbonyl (C=O) groups excluding carboxylic acids is 1. The number of amides is 1. The Balaban J connectivity index is 1.89. The maximum atomic E-state index is 13.9. The molecule has 1 aliphatic heterocycles. The molecule has 0 atom stereocenters. The summed E-state index contributed by atoms with van der Waals surface area (Å²) in [6.07, 6.45) is 0.249. The highest BCUT2D eigenvalue weighted by molar-refractivity contribution is 5.83. The highest BCUT2D eigenvalue weighted by atomic mass is 19.1. The van der Waals surface area contributed by atoms with Crippen LogP contribution in [0.4, 0.5) is 4.39 Å². The zero-order valence-electron chi connectivity index (χ0n) is 13.1. The summed E-state index contributed by atoms with van der Waals surface area (Å²) in [6.45, 7) is 1.50. The van der Waals surface area contributed by atoms with Gasteiger partial charge in [0.25, 0.3) is 0 Å². The molecule has 0 spiro atoms. The van der Waals surface area contributed by atoms with Crippen molar-refractivity contribution in [3.8, 4) is 17.0 Å². The number of carbonyl (C=O) groups is 1. The molecular formula is C16H18FN3O3. The van der Waals surface area contributed by atoms with E-state index in [2.05, 4.69) is 10.2 Å². The highest BCUT2D eigenvalue weighted by Crippen LogP contribution is 2.30. The van der Waals surface area contributed by atoms with E-state index in [0.717, 1.165) is 11.3 Å². The smallest absolute Gasteiger partial charge is 0.227 e. The molecule has 6 nitrogen and oxygen atoms in total. The van der Waals surface area contributed by atoms with Crippen molar-refractivity contribution in [3.63, 3.8) is 0 Å². The van der Waals surface area contributed by atoms with Crippen molar-refractivity contribution in [1.82, 2.24) is 15.1 Å². The molecule has 3 rings (SSSR count). The van der Waals surface area contributed by atoms with Crippen molar-refractivity contribution >= 4 is 5.91 Å². The maximum Gasteiger partial charge on any atom is 0.227 e. The SMILES string of the molecule is COCCN1Cc2[nH]nc(-c3ccc(OC)c(F)c3)c2CC1=O. The van der Waals surface area contributed by atoms with E-state index >= 15 is 0 Å². The second kappa shape index (κ2) is 6.37. The van der Waals surface area contributed by atoms with E-state index in [0.29, 0.717) is 31.0 Å². The fourth-order valence-corrected chi connectivity index (χ4v) is 2.72. The molecule has 1 aliphatic rings. The molecule has 0 bridgehead atoms. The number of halogens is 1. The van der Waals surface area contributed by atoms with Crippen molar-refractivity contribution in [2.75, 3.05) is 27.4 Å². The number of aromatic amines is 1. The van der Waals surface area contributed by atoms with E-state index in [9.17, 15) is 9.18 Å². The molecular weight excluding hydrogens is 301 g/mol. The summed E-state index contributed by atoms with van der Waals surface area (Å²) < 4.78 is 23.8. The van der Waals surface area contributed by atoms with E-state index in [-0.39, 0.29) is 18.1 Å². The lowest BCUT2D eigenvalue weighted by Crippen LogP contribution is -2.38. The number of hydrogen-bond acceptors (Lipinski definition) is 4. The van der Waals surface area contributed by atoms with Gasteiger partial charge in [-0.3, -0.25) is 9.89 Å². The molecule has 0 saturated carbocycles. The van der Waals surface area contributed by atoms with Gasteiger partial charge in [-0.15, -0.1) is 0 Å². The summed E-state index contributed by atoms with van der Waals surface area (Å²) in [5, 5.41) is 7.23. The molecule has 7 heteroatoms. The number of ether oxygens (including phenoxy) is 2. The Kier molecular flexibility index (Phi) is 4.29. The minimum Gasteiger partial charge on any atom is -0.494 e. The fourth-order valence-electron chi connectivity index (χ4n) is 2.72. The Morgan fingerprint density at radius 3 is 2.91 bits per heavy atom. The minimum absolute atomic E-state index is 0.0196. The Labute approximate surface area is 133 Å². The van der Waals surface area contributed by atoms with Crippen molar-refractivity contribution in [3.05, 3.63) is 35.3 Å². The predicted molar refractivity (Wildman–Crippen MR) is 81.5 cm³/mol. The average molecular weight is 319 g/mol. The number of rotatable bonds is 5. The molecule has 2 heterocycles. The summed E-state index contributed by atoms with van der Waals surface area (Å²) in [4.78, 5) is 14.0. The van der Waals surface area contributed by atoms with Gasteiger partial charge >= 0.3 is 0 Å². The monoisotopic (exact) mass is 319 g/mol. The molecule has 0 radical (unpaired) electrons. The first-order chi connectivity index (χ1) is 11.1. The van der Waals surface area contributed by atoms with Gasteiger partial charge in [0.1, 0.15) is 0 Å². The summed E-state index contributed by atoms with van der Waals surface area (Å²) in [5.41, 5.74) is 2.94. The van der Waals surface area contributed by atoms with Crippen LogP contribution in [0.15, 0.2) is 18.2 Å². The Hall–Kier alpha value is -2.41. The molecule has 2 aromatic rings. The molecule has 122 valence electrons. The summed E-state index contributed by atoms with van der Waals surface area (Å²) in [7, 11) is 3.02. The fraction of sp³-hybridized carbons (Fsp3) is 0.375. The van der Waals surface area contributed by atoms with Crippen molar-refractivity contribution < 1.29 is 18.7 Å². The van der Waals surface area contributed by atoms with Crippen LogP contribution in [-0.4, -0.2) is 48.4 Å². The number of hydrogen-bond donors (Lipinski definition) is 1. The molecule has 0 aliphatic carbocycles. The quantitative estimate of drug-likeness (QED) is 0.912. The highest BCUT2D eigenvalue weighted by Gasteiger charge is 2.27. The molecule has 1 aromatic heterocycles. The summed E-state index contributed by atoms with van der Waals surface area (Å²) in [5.74, 6) is -0.253. The first kappa shape index (κ1) is 15.5. The largest absolute Gasteiger partial charge is 0.494 e. The molecule has 1 amide bonds. The third kappa shape index (κ3) is 2.92. The van der Waals surface area contributed by atoms with Crippen molar-refractivity contribution in [2.45, 2.75) is 13.0 Å². The van der Waals surface area contributed by atoms with Crippen LogP contribution < -0.4 is 4.74 Å². The van der Waals surface area contributed by atoms with E-state index in [1.165, 1.54) is 13.2 Å². The van der Waals surface area contributed by atoms with Gasteiger partial charge in [-0.2, -0.15) is 5.10 Å². The second-order valence-electron chi connectivity index (χ2n) is 5.36. The van der Waals surface area contributed by atoms with Gasteiger partial charge in [0.15, 0.2) is 11.6 Å². The van der Waals surface area contributed by atoms with Gasteiger partial charge in [0.05, 0.1) is 38.1 Å². The first-order valence-corrected chi connectivity index (χ1v) is 7.30. The standard InChI is InChI=1S/C16H18FN3O3/c1-22-6-5-20-9-13-11(8-15(20)21)16(19-18-13)10-3-4-14(23-2)12(17)7-10/h3-4,7H,5-6,8-9H2,1-2H3,(H,18,19). The maximum absolute atomic E-state index is 13.9. The molecule has 0 fully saturated rings. The third-order valence-electron chi connectivity index (χ3n) is 3.97. The molecule has 23 heavy (non-hydrogen) atoms. The van der Waals surface area contributed by atoms with Crippen LogP contribution in [0.5, 0.6) is 5.75 Å². The Bertz CT molecular complexity index is 729. The lowest BCUT2D eigenvalue weighted by atomic mass is 9.99. The number of H-pyrrole nitrogens is 1. The van der Waals surface area contributed by atoms with Crippen LogP contribution in [0, 0.1) is 5.82 Å². The minimum atomic E-state index is -0.453. The van der Waals surface area contributed by atoms with Gasteiger partial charge in [-0.05, 0) is 18.2 Å². The van der Waals surface area contributed by atoms with Crippen LogP contribution in [0.1, 0.15) is 11.3 Å². The number of fused-ring (bicyclic) bond motifs is 1. The van der Waals surface area contributed by atoms with E-state index < -0.39 is 5.82 Å². The van der Waals surface area contributed by atoms with Crippen LogP contribution in [0.2, 0.25) is 0 Å². The summed E-state index contributed by atoms with van der Waals surface area (Å²) >= 11 is 0. The lowest BCUT2D eigenvalue weighted by Gasteiger charge is -2.26. The van der Waals surface area contributed by atoms with Gasteiger partial charge in [-0.25, -0.2) is 4.39 Å². The number of nitrogens with one attached hydrogen (secondary N) is 1. The van der Waals surface area contributed by atoms with Crippen molar-refractivity contribution in [2.24, 2.45) is 0 Å². The van der Waals surface area contributed by atoms with Crippen LogP contribution in [0.3, 0.4) is 0 Å². The zero-order valence-corrected chi connectivity index (χ0v) is 13.1. The first-order valence-electron chi connectivity index (χ1n) is 7.30. The van der Waals surface area contributed by atoms with E-state index in [1.54, 1.807) is 24.1 Å². The Morgan fingerprint density at radius 2 is 2.22 bits per heavy atom.